The van der Waals surface area contributed by atoms with E-state index in [1.165, 1.54) is 0 Å². The molecule has 0 aliphatic heterocycles. The van der Waals surface area contributed by atoms with Gasteiger partial charge in [0.15, 0.2) is 0 Å². The number of nitrogens with one attached hydrogen (secondary N) is 1. The quantitative estimate of drug-likeness (QED) is 0.230. The Morgan fingerprint density at radius 2 is 1.77 bits per heavy atom. The summed E-state index contributed by atoms with van der Waals surface area (Å²) < 4.78 is 14.8. The summed E-state index contributed by atoms with van der Waals surface area (Å²) in [4.78, 5) is 21.6. The fourth-order valence-corrected chi connectivity index (χ4v) is 1.97. The molecular weight excluding hydrogens is 478 g/mol. The largest absolute Gasteiger partial charge is 0.666 e. The standard InChI is InChI=1S/C12H22INO5.C2H6.Y/c1-2-3-4-5-10(7-19-13)6-18-12(16)9-17-8-11(14)15;1-2;/h10H,2-9H2,1H3,(H2,14,15);1-2H3;/p-1. The van der Waals surface area contributed by atoms with Crippen LogP contribution in [0.25, 0.3) is 5.73 Å². The van der Waals surface area contributed by atoms with Gasteiger partial charge >= 0.3 is 5.97 Å². The number of carbonyl (C=O) groups excluding carboxylic acids is 2. The van der Waals surface area contributed by atoms with E-state index in [0.29, 0.717) is 13.2 Å². The van der Waals surface area contributed by atoms with Crippen LogP contribution in [0, 0.1) is 5.92 Å². The van der Waals surface area contributed by atoms with Gasteiger partial charge in [-0.1, -0.05) is 40.0 Å². The van der Waals surface area contributed by atoms with Crippen LogP contribution in [0.3, 0.4) is 0 Å². The summed E-state index contributed by atoms with van der Waals surface area (Å²) in [6.45, 7) is 6.30. The summed E-state index contributed by atoms with van der Waals surface area (Å²) in [6, 6.07) is 0. The Labute approximate surface area is 173 Å². The van der Waals surface area contributed by atoms with Crippen molar-refractivity contribution in [3.8, 4) is 0 Å². The Morgan fingerprint density at radius 3 is 2.27 bits per heavy atom. The number of hydrogen-bond donors (Lipinski definition) is 0. The molecule has 0 aliphatic carbocycles. The second-order valence-corrected chi connectivity index (χ2v) is 4.86. The van der Waals surface area contributed by atoms with Crippen LogP contribution in [0.5, 0.6) is 0 Å². The summed E-state index contributed by atoms with van der Waals surface area (Å²) >= 11 is 1.83. The van der Waals surface area contributed by atoms with E-state index in [4.69, 9.17) is 18.3 Å². The predicted molar refractivity (Wildman–Crippen MR) is 90.1 cm³/mol. The predicted octanol–water partition coefficient (Wildman–Crippen LogP) is 3.71. The number of halogens is 1. The summed E-state index contributed by atoms with van der Waals surface area (Å²) in [6.07, 6.45) is 4.34. The normalized spacial score (nSPS) is 10.7. The summed E-state index contributed by atoms with van der Waals surface area (Å²) in [5.41, 5.74) is 6.61. The summed E-state index contributed by atoms with van der Waals surface area (Å²) in [5.74, 6) is -1.19. The van der Waals surface area contributed by atoms with Crippen LogP contribution in [-0.4, -0.2) is 38.3 Å². The van der Waals surface area contributed by atoms with E-state index in [9.17, 15) is 9.59 Å². The second kappa shape index (κ2) is 21.7. The average molecular weight is 505 g/mol. The number of ether oxygens (including phenoxy) is 2. The topological polar surface area (TPSA) is 85.6 Å². The fourth-order valence-electron chi connectivity index (χ4n) is 1.47. The van der Waals surface area contributed by atoms with Crippen LogP contribution in [0.15, 0.2) is 0 Å². The molecule has 0 aromatic heterocycles. The molecule has 0 aliphatic rings. The Hall–Kier alpha value is 0.694. The maximum atomic E-state index is 11.3. The van der Waals surface area contributed by atoms with E-state index in [1.54, 1.807) is 0 Å². The van der Waals surface area contributed by atoms with Gasteiger partial charge in [0.25, 0.3) is 0 Å². The molecule has 1 radical (unpaired) electrons. The number of unbranched alkanes of at least 4 members (excludes halogenated alkanes) is 2. The Bertz CT molecular complexity index is 270. The first-order valence-electron chi connectivity index (χ1n) is 7.31. The van der Waals surface area contributed by atoms with E-state index >= 15 is 0 Å². The third kappa shape index (κ3) is 20.7. The Kier molecular flexibility index (Phi) is 27.2. The number of esters is 1. The van der Waals surface area contributed by atoms with Crippen molar-refractivity contribution in [3.63, 3.8) is 0 Å². The SMILES string of the molecule is CC.CCCCCC(COI)COC(=O)COCC([NH-])=O.[Y]. The van der Waals surface area contributed by atoms with Crippen LogP contribution in [-0.2, 0) is 54.8 Å². The first kappa shape index (κ1) is 27.5. The van der Waals surface area contributed by atoms with E-state index < -0.39 is 11.9 Å². The molecule has 1 amide bonds. The van der Waals surface area contributed by atoms with Crippen LogP contribution < -0.4 is 0 Å². The Balaban J connectivity index is -0.00000115. The first-order chi connectivity index (χ1) is 10.1. The Morgan fingerprint density at radius 1 is 1.14 bits per heavy atom. The van der Waals surface area contributed by atoms with Crippen LogP contribution >= 0.6 is 23.0 Å². The van der Waals surface area contributed by atoms with Gasteiger partial charge in [-0.25, -0.2) is 4.79 Å². The molecule has 1 N–H and O–H groups in total. The molecule has 0 saturated heterocycles. The zero-order valence-electron chi connectivity index (χ0n) is 13.7. The van der Waals surface area contributed by atoms with Crippen LogP contribution in [0.4, 0.5) is 0 Å². The van der Waals surface area contributed by atoms with Crippen molar-refractivity contribution in [2.45, 2.75) is 46.5 Å². The number of rotatable bonds is 12. The van der Waals surface area contributed by atoms with Gasteiger partial charge in [0.2, 0.25) is 0 Å². The van der Waals surface area contributed by atoms with Gasteiger partial charge in [-0.2, -0.15) is 0 Å². The minimum absolute atomic E-state index is 0. The molecule has 1 atom stereocenters. The molecule has 0 saturated carbocycles. The van der Waals surface area contributed by atoms with Crippen molar-refractivity contribution >= 4 is 34.9 Å². The summed E-state index contributed by atoms with van der Waals surface area (Å²) in [7, 11) is 0. The van der Waals surface area contributed by atoms with Gasteiger partial charge in [-0.15, -0.1) is 0 Å². The van der Waals surface area contributed by atoms with Crippen LogP contribution in [0.2, 0.25) is 0 Å². The zero-order chi connectivity index (χ0) is 16.5. The van der Waals surface area contributed by atoms with Gasteiger partial charge < -0.3 is 23.1 Å². The van der Waals surface area contributed by atoms with Gasteiger partial charge in [-0.05, 0) is 6.42 Å². The van der Waals surface area contributed by atoms with Gasteiger partial charge in [-0.3, -0.25) is 0 Å². The fraction of sp³-hybridized carbons (Fsp3) is 0.857. The van der Waals surface area contributed by atoms with Gasteiger partial charge in [0.05, 0.1) is 25.7 Å². The molecule has 0 spiro atoms. The van der Waals surface area contributed by atoms with Crippen molar-refractivity contribution in [1.29, 1.82) is 0 Å². The van der Waals surface area contributed by atoms with Crippen LogP contribution in [0.1, 0.15) is 46.5 Å². The first-order valence-corrected chi connectivity index (χ1v) is 8.19. The molecule has 0 heterocycles. The molecule has 0 bridgehead atoms. The second-order valence-electron chi connectivity index (χ2n) is 4.24. The molecule has 6 nitrogen and oxygen atoms in total. The zero-order valence-corrected chi connectivity index (χ0v) is 18.7. The molecule has 0 fully saturated rings. The number of amides is 1. The number of carbonyl (C=O) groups is 2. The van der Waals surface area contributed by atoms with Crippen molar-refractivity contribution < 1.29 is 54.8 Å². The van der Waals surface area contributed by atoms with E-state index in [0.717, 1.165) is 25.7 Å². The molecule has 22 heavy (non-hydrogen) atoms. The van der Waals surface area contributed by atoms with Crippen molar-refractivity contribution in [1.82, 2.24) is 0 Å². The van der Waals surface area contributed by atoms with E-state index in [1.807, 2.05) is 36.9 Å². The molecule has 0 rings (SSSR count). The van der Waals surface area contributed by atoms with Crippen molar-refractivity contribution in [2.75, 3.05) is 26.4 Å². The molecule has 1 unspecified atom stereocenters. The minimum atomic E-state index is -0.858. The third-order valence-electron chi connectivity index (χ3n) is 2.45. The number of hydrogen-bond acceptors (Lipinski definition) is 5. The maximum Gasteiger partial charge on any atom is 0.332 e. The van der Waals surface area contributed by atoms with Gasteiger partial charge in [0.1, 0.15) is 29.6 Å². The maximum absolute atomic E-state index is 11.3. The average Bonchev–Trinajstić information content (AvgIpc) is 2.46. The molecule has 8 heteroatoms. The van der Waals surface area contributed by atoms with E-state index in [-0.39, 0.29) is 51.8 Å². The molecule has 129 valence electrons. The molecular formula is C14H27INO5Y-. The smallest absolute Gasteiger partial charge is 0.332 e. The van der Waals surface area contributed by atoms with Crippen molar-refractivity contribution in [3.05, 3.63) is 5.73 Å². The molecule has 0 aromatic rings. The van der Waals surface area contributed by atoms with Gasteiger partial charge in [0, 0.05) is 38.6 Å². The van der Waals surface area contributed by atoms with E-state index in [2.05, 4.69) is 6.92 Å². The minimum Gasteiger partial charge on any atom is -0.666 e. The van der Waals surface area contributed by atoms with Crippen molar-refractivity contribution in [2.24, 2.45) is 5.92 Å². The molecule has 0 aromatic carbocycles. The summed E-state index contributed by atoms with van der Waals surface area (Å²) in [5, 5.41) is 0. The third-order valence-corrected chi connectivity index (χ3v) is 2.81. The monoisotopic (exact) mass is 505 g/mol.